The van der Waals surface area contributed by atoms with Crippen LogP contribution in [0.5, 0.6) is 0 Å². The van der Waals surface area contributed by atoms with Crippen LogP contribution in [0.15, 0.2) is 42.9 Å². The van der Waals surface area contributed by atoms with Crippen LogP contribution in [0.3, 0.4) is 0 Å². The number of aromatic nitrogens is 2. The predicted molar refractivity (Wildman–Crippen MR) is 92.8 cm³/mol. The average molecular weight is 347 g/mol. The highest BCUT2D eigenvalue weighted by molar-refractivity contribution is 5.65. The molecule has 2 rings (SSSR count). The van der Waals surface area contributed by atoms with Crippen LogP contribution in [-0.4, -0.2) is 31.9 Å². The molecule has 1 aromatic carbocycles. The van der Waals surface area contributed by atoms with Crippen molar-refractivity contribution in [1.82, 2.24) is 14.9 Å². The van der Waals surface area contributed by atoms with E-state index in [9.17, 15) is 9.90 Å². The normalized spacial score (nSPS) is 13.6. The lowest BCUT2D eigenvalue weighted by atomic mass is 9.97. The first-order valence-corrected chi connectivity index (χ1v) is 8.26. The van der Waals surface area contributed by atoms with Gasteiger partial charge < -0.3 is 24.8 Å². The minimum absolute atomic E-state index is 0.225. The SMILES string of the molecule is CC(C)C[C@H](NC(=O)O)C(O)c1cncn1COCc1ccccc1. The molecule has 0 fully saturated rings. The van der Waals surface area contributed by atoms with Gasteiger partial charge in [0.05, 0.1) is 30.9 Å². The van der Waals surface area contributed by atoms with Gasteiger partial charge in [0, 0.05) is 0 Å². The molecule has 25 heavy (non-hydrogen) atoms. The Kier molecular flexibility index (Phi) is 6.97. The van der Waals surface area contributed by atoms with Crippen molar-refractivity contribution in [1.29, 1.82) is 0 Å². The summed E-state index contributed by atoms with van der Waals surface area (Å²) in [6.45, 7) is 4.62. The third kappa shape index (κ3) is 5.88. The van der Waals surface area contributed by atoms with Crippen LogP contribution in [-0.2, 0) is 18.1 Å². The fraction of sp³-hybridized carbons (Fsp3) is 0.444. The number of imidazole rings is 1. The molecule has 1 unspecified atom stereocenters. The zero-order chi connectivity index (χ0) is 18.2. The number of hydrogen-bond donors (Lipinski definition) is 3. The van der Waals surface area contributed by atoms with Crippen LogP contribution in [0, 0.1) is 5.92 Å². The molecule has 7 nitrogen and oxygen atoms in total. The van der Waals surface area contributed by atoms with E-state index in [0.29, 0.717) is 18.7 Å². The standard InChI is InChI=1S/C18H25N3O4/c1-13(2)8-15(20-18(23)24)17(22)16-9-19-11-21(16)12-25-10-14-6-4-3-5-7-14/h3-7,9,11,13,15,17,20,22H,8,10,12H2,1-2H3,(H,23,24)/t15-,17?/m0/s1. The van der Waals surface area contributed by atoms with Gasteiger partial charge in [-0.25, -0.2) is 9.78 Å². The van der Waals surface area contributed by atoms with Crippen LogP contribution in [0.1, 0.15) is 37.6 Å². The van der Waals surface area contributed by atoms with Gasteiger partial charge in [0.25, 0.3) is 0 Å². The fourth-order valence-corrected chi connectivity index (χ4v) is 2.66. The molecule has 0 aliphatic heterocycles. The van der Waals surface area contributed by atoms with Gasteiger partial charge in [-0.15, -0.1) is 0 Å². The zero-order valence-corrected chi connectivity index (χ0v) is 14.5. The van der Waals surface area contributed by atoms with E-state index in [1.54, 1.807) is 10.9 Å². The molecule has 7 heteroatoms. The second-order valence-corrected chi connectivity index (χ2v) is 6.38. The summed E-state index contributed by atoms with van der Waals surface area (Å²) in [6, 6.07) is 9.16. The van der Waals surface area contributed by atoms with Crippen LogP contribution in [0.2, 0.25) is 0 Å². The third-order valence-corrected chi connectivity index (χ3v) is 3.80. The molecule has 2 aromatic rings. The molecular formula is C18H25N3O4. The molecule has 3 N–H and O–H groups in total. The molecule has 0 aliphatic carbocycles. The highest BCUT2D eigenvalue weighted by Gasteiger charge is 2.26. The van der Waals surface area contributed by atoms with Gasteiger partial charge in [0.1, 0.15) is 12.8 Å². The molecule has 0 spiro atoms. The van der Waals surface area contributed by atoms with Crippen molar-refractivity contribution < 1.29 is 19.7 Å². The number of aliphatic hydroxyl groups is 1. The van der Waals surface area contributed by atoms with Crippen LogP contribution in [0.4, 0.5) is 4.79 Å². The number of ether oxygens (including phenoxy) is 1. The smallest absolute Gasteiger partial charge is 0.404 e. The van der Waals surface area contributed by atoms with Crippen molar-refractivity contribution in [2.45, 2.75) is 45.8 Å². The molecule has 1 aromatic heterocycles. The molecule has 0 saturated carbocycles. The van der Waals surface area contributed by atoms with Crippen LogP contribution >= 0.6 is 0 Å². The van der Waals surface area contributed by atoms with Crippen molar-refractivity contribution >= 4 is 6.09 Å². The molecule has 0 aliphatic rings. The quantitative estimate of drug-likeness (QED) is 0.648. The number of aliphatic hydroxyl groups excluding tert-OH is 1. The molecule has 136 valence electrons. The number of amides is 1. The summed E-state index contributed by atoms with van der Waals surface area (Å²) in [5.74, 6) is 0.234. The Morgan fingerprint density at radius 1 is 1.32 bits per heavy atom. The van der Waals surface area contributed by atoms with E-state index < -0.39 is 18.2 Å². The second-order valence-electron chi connectivity index (χ2n) is 6.38. The third-order valence-electron chi connectivity index (χ3n) is 3.80. The summed E-state index contributed by atoms with van der Waals surface area (Å²) in [5, 5.41) is 22.0. The number of carbonyl (C=O) groups is 1. The Bertz CT molecular complexity index is 657. The number of carboxylic acid groups (broad SMARTS) is 1. The molecular weight excluding hydrogens is 322 g/mol. The van der Waals surface area contributed by atoms with E-state index in [-0.39, 0.29) is 12.6 Å². The van der Waals surface area contributed by atoms with Crippen molar-refractivity contribution in [2.24, 2.45) is 5.92 Å². The summed E-state index contributed by atoms with van der Waals surface area (Å²) in [4.78, 5) is 15.1. The summed E-state index contributed by atoms with van der Waals surface area (Å²) < 4.78 is 7.36. The first kappa shape index (κ1) is 19.0. The minimum Gasteiger partial charge on any atom is -0.465 e. The molecule has 2 atom stereocenters. The lowest BCUT2D eigenvalue weighted by Gasteiger charge is -2.25. The van der Waals surface area contributed by atoms with Crippen molar-refractivity contribution in [3.05, 3.63) is 54.1 Å². The van der Waals surface area contributed by atoms with E-state index in [0.717, 1.165) is 5.56 Å². The number of nitrogens with zero attached hydrogens (tertiary/aromatic N) is 2. The Morgan fingerprint density at radius 2 is 2.04 bits per heavy atom. The number of hydrogen-bond acceptors (Lipinski definition) is 4. The lowest BCUT2D eigenvalue weighted by molar-refractivity contribution is 0.0498. The fourth-order valence-electron chi connectivity index (χ4n) is 2.66. The Balaban J connectivity index is 2.01. The average Bonchev–Trinajstić information content (AvgIpc) is 3.02. The van der Waals surface area contributed by atoms with Gasteiger partial charge >= 0.3 is 6.09 Å². The van der Waals surface area contributed by atoms with Crippen molar-refractivity contribution in [3.63, 3.8) is 0 Å². The summed E-state index contributed by atoms with van der Waals surface area (Å²) >= 11 is 0. The maximum absolute atomic E-state index is 11.0. The first-order chi connectivity index (χ1) is 12.0. The lowest BCUT2D eigenvalue weighted by Crippen LogP contribution is -2.40. The van der Waals surface area contributed by atoms with Gasteiger partial charge in [-0.2, -0.15) is 0 Å². The van der Waals surface area contributed by atoms with Crippen molar-refractivity contribution in [2.75, 3.05) is 0 Å². The minimum atomic E-state index is -1.16. The topological polar surface area (TPSA) is 96.6 Å². The van der Waals surface area contributed by atoms with E-state index in [1.165, 1.54) is 6.20 Å². The highest BCUT2D eigenvalue weighted by atomic mass is 16.5. The number of nitrogens with one attached hydrogen (secondary N) is 1. The molecule has 0 radical (unpaired) electrons. The molecule has 0 saturated heterocycles. The second kappa shape index (κ2) is 9.19. The summed E-state index contributed by atoms with van der Waals surface area (Å²) in [7, 11) is 0. The van der Waals surface area contributed by atoms with Gasteiger partial charge in [-0.1, -0.05) is 44.2 Å². The predicted octanol–water partition coefficient (Wildman–Crippen LogP) is 2.77. The van der Waals surface area contributed by atoms with Crippen molar-refractivity contribution in [3.8, 4) is 0 Å². The number of rotatable bonds is 9. The Morgan fingerprint density at radius 3 is 2.68 bits per heavy atom. The molecule has 0 bridgehead atoms. The first-order valence-electron chi connectivity index (χ1n) is 8.26. The van der Waals surface area contributed by atoms with E-state index >= 15 is 0 Å². The molecule has 1 heterocycles. The zero-order valence-electron chi connectivity index (χ0n) is 14.5. The van der Waals surface area contributed by atoms with Gasteiger partial charge in [0.2, 0.25) is 0 Å². The van der Waals surface area contributed by atoms with Crippen LogP contribution < -0.4 is 5.32 Å². The van der Waals surface area contributed by atoms with E-state index in [1.807, 2.05) is 44.2 Å². The molecule has 1 amide bonds. The Labute approximate surface area is 147 Å². The summed E-state index contributed by atoms with van der Waals surface area (Å²) in [5.41, 5.74) is 1.57. The largest absolute Gasteiger partial charge is 0.465 e. The highest BCUT2D eigenvalue weighted by Crippen LogP contribution is 2.22. The summed E-state index contributed by atoms with van der Waals surface area (Å²) in [6.07, 6.45) is 1.46. The Hall–Kier alpha value is -2.38. The number of benzene rings is 1. The van der Waals surface area contributed by atoms with Gasteiger partial charge in [-0.3, -0.25) is 0 Å². The monoisotopic (exact) mass is 347 g/mol. The van der Waals surface area contributed by atoms with Gasteiger partial charge in [0.15, 0.2) is 0 Å². The van der Waals surface area contributed by atoms with Crippen LogP contribution in [0.25, 0.3) is 0 Å². The maximum Gasteiger partial charge on any atom is 0.404 e. The van der Waals surface area contributed by atoms with E-state index in [4.69, 9.17) is 9.84 Å². The van der Waals surface area contributed by atoms with Gasteiger partial charge in [-0.05, 0) is 17.9 Å². The maximum atomic E-state index is 11.0. The van der Waals surface area contributed by atoms with E-state index in [2.05, 4.69) is 10.3 Å².